The molecule has 0 aromatic carbocycles. The number of fused-ring (bicyclic) bond motifs is 1. The Morgan fingerprint density at radius 3 is 3.00 bits per heavy atom. The van der Waals surface area contributed by atoms with Gasteiger partial charge in [-0.25, -0.2) is 4.98 Å². The number of tetrazole rings is 1. The Hall–Kier alpha value is -1.72. The molecule has 0 bridgehead atoms. The fourth-order valence-corrected chi connectivity index (χ4v) is 1.32. The number of nitrogens with one attached hydrogen (secondary N) is 1. The average molecular weight is 179 g/mol. The van der Waals surface area contributed by atoms with Crippen LogP contribution in [0, 0.1) is 6.92 Å². The third-order valence-corrected chi connectivity index (χ3v) is 2.00. The van der Waals surface area contributed by atoms with E-state index in [1.807, 2.05) is 6.92 Å². The molecule has 0 saturated heterocycles. The predicted molar refractivity (Wildman–Crippen MR) is 45.5 cm³/mol. The Labute approximate surface area is 73.6 Å². The number of aryl methyl sites for hydroxylation is 1. The van der Waals surface area contributed by atoms with Crippen LogP contribution in [0.25, 0.3) is 5.78 Å². The van der Waals surface area contributed by atoms with Crippen molar-refractivity contribution < 1.29 is 0 Å². The number of aromatic nitrogens is 5. The molecule has 2 aromatic heterocycles. The highest BCUT2D eigenvalue weighted by Gasteiger charge is 2.08. The normalized spacial score (nSPS) is 10.9. The number of hydrogen-bond acceptors (Lipinski definition) is 4. The summed E-state index contributed by atoms with van der Waals surface area (Å²) in [6.45, 7) is 3.72. The summed E-state index contributed by atoms with van der Waals surface area (Å²) in [5.41, 5.74) is 1.31. The van der Waals surface area contributed by atoms with Crippen LogP contribution in [-0.2, 0) is 6.42 Å². The highest BCUT2D eigenvalue weighted by Crippen LogP contribution is 1.99. The van der Waals surface area contributed by atoms with E-state index in [1.165, 1.54) is 4.52 Å². The minimum atomic E-state index is -0.116. The number of nitrogens with zero attached hydrogens (tertiary/aromatic N) is 4. The van der Waals surface area contributed by atoms with Gasteiger partial charge in [-0.1, -0.05) is 12.0 Å². The summed E-state index contributed by atoms with van der Waals surface area (Å²) in [4.78, 5) is 15.8. The van der Waals surface area contributed by atoms with Crippen LogP contribution in [0.2, 0.25) is 0 Å². The van der Waals surface area contributed by atoms with E-state index < -0.39 is 0 Å². The smallest absolute Gasteiger partial charge is 0.267 e. The molecule has 1 N–H and O–H groups in total. The van der Waals surface area contributed by atoms with Crippen molar-refractivity contribution in [2.45, 2.75) is 20.3 Å². The first-order valence-electron chi connectivity index (χ1n) is 4.03. The van der Waals surface area contributed by atoms with Crippen LogP contribution in [0.15, 0.2) is 4.79 Å². The minimum absolute atomic E-state index is 0.116. The van der Waals surface area contributed by atoms with Crippen LogP contribution in [0.1, 0.15) is 18.2 Å². The summed E-state index contributed by atoms with van der Waals surface area (Å²) in [5.74, 6) is 0.319. The molecule has 0 aliphatic heterocycles. The Morgan fingerprint density at radius 2 is 2.31 bits per heavy atom. The van der Waals surface area contributed by atoms with Crippen LogP contribution in [0.5, 0.6) is 0 Å². The number of hydrogen-bond donors (Lipinski definition) is 1. The molecular formula is C7H9N5O. The maximum Gasteiger partial charge on any atom is 0.278 e. The standard InChI is InChI=1S/C7H9N5O/c1-3-5-4(2)8-7-9-10-11-12(7)6(5)13/h3H2,1-2H3,(H,8,9,11). The van der Waals surface area contributed by atoms with Crippen molar-refractivity contribution in [2.24, 2.45) is 0 Å². The molecule has 0 radical (unpaired) electrons. The van der Waals surface area contributed by atoms with Gasteiger partial charge in [0.25, 0.3) is 11.3 Å². The maximum absolute atomic E-state index is 11.7. The molecular weight excluding hydrogens is 170 g/mol. The molecule has 0 aliphatic rings. The molecule has 0 atom stereocenters. The van der Waals surface area contributed by atoms with Crippen LogP contribution < -0.4 is 5.56 Å². The second kappa shape index (κ2) is 2.65. The quantitative estimate of drug-likeness (QED) is 0.651. The van der Waals surface area contributed by atoms with Gasteiger partial charge in [0.15, 0.2) is 0 Å². The van der Waals surface area contributed by atoms with Gasteiger partial charge in [-0.3, -0.25) is 4.79 Å². The van der Waals surface area contributed by atoms with Crippen molar-refractivity contribution in [1.29, 1.82) is 0 Å². The van der Waals surface area contributed by atoms with E-state index in [0.29, 0.717) is 17.8 Å². The molecule has 6 nitrogen and oxygen atoms in total. The van der Waals surface area contributed by atoms with E-state index in [2.05, 4.69) is 20.5 Å². The van der Waals surface area contributed by atoms with Crippen molar-refractivity contribution in [1.82, 2.24) is 25.0 Å². The lowest BCUT2D eigenvalue weighted by Crippen LogP contribution is -2.21. The molecule has 0 spiro atoms. The zero-order chi connectivity index (χ0) is 9.42. The summed E-state index contributed by atoms with van der Waals surface area (Å²) < 4.78 is 1.24. The minimum Gasteiger partial charge on any atom is -0.267 e. The van der Waals surface area contributed by atoms with Crippen molar-refractivity contribution in [3.05, 3.63) is 21.6 Å². The average Bonchev–Trinajstić information content (AvgIpc) is 2.53. The van der Waals surface area contributed by atoms with E-state index in [-0.39, 0.29) is 5.56 Å². The molecule has 2 aromatic rings. The number of aromatic amines is 1. The van der Waals surface area contributed by atoms with E-state index in [4.69, 9.17) is 0 Å². The summed E-state index contributed by atoms with van der Waals surface area (Å²) in [5, 5.41) is 9.64. The second-order valence-corrected chi connectivity index (χ2v) is 2.77. The lowest BCUT2D eigenvalue weighted by atomic mass is 10.2. The van der Waals surface area contributed by atoms with Gasteiger partial charge < -0.3 is 0 Å². The van der Waals surface area contributed by atoms with Crippen molar-refractivity contribution in [2.75, 3.05) is 0 Å². The van der Waals surface area contributed by atoms with Crippen molar-refractivity contribution in [3.63, 3.8) is 0 Å². The molecule has 2 heterocycles. The Kier molecular flexibility index (Phi) is 1.61. The van der Waals surface area contributed by atoms with Crippen LogP contribution in [0.4, 0.5) is 0 Å². The summed E-state index contributed by atoms with van der Waals surface area (Å²) in [6.07, 6.45) is 0.666. The van der Waals surface area contributed by atoms with E-state index in [9.17, 15) is 4.79 Å². The van der Waals surface area contributed by atoms with E-state index in [0.717, 1.165) is 5.69 Å². The molecule has 2 rings (SSSR count). The van der Waals surface area contributed by atoms with Gasteiger partial charge in [0.1, 0.15) is 0 Å². The van der Waals surface area contributed by atoms with Crippen LogP contribution >= 0.6 is 0 Å². The first-order chi connectivity index (χ1) is 6.24. The molecule has 0 aliphatic carbocycles. The number of H-pyrrole nitrogens is 1. The lowest BCUT2D eigenvalue weighted by Gasteiger charge is -1.99. The Bertz CT molecular complexity index is 497. The van der Waals surface area contributed by atoms with Crippen LogP contribution in [-0.4, -0.2) is 25.0 Å². The lowest BCUT2D eigenvalue weighted by molar-refractivity contribution is 0.784. The molecule has 6 heteroatoms. The van der Waals surface area contributed by atoms with E-state index >= 15 is 0 Å². The molecule has 68 valence electrons. The highest BCUT2D eigenvalue weighted by molar-refractivity contribution is 5.29. The zero-order valence-electron chi connectivity index (χ0n) is 7.40. The maximum atomic E-state index is 11.7. The Balaban J connectivity index is 2.93. The third-order valence-electron chi connectivity index (χ3n) is 2.00. The molecule has 0 amide bonds. The highest BCUT2D eigenvalue weighted by atomic mass is 16.1. The first kappa shape index (κ1) is 7.90. The van der Waals surface area contributed by atoms with Gasteiger partial charge in [-0.15, -0.1) is 0 Å². The molecule has 13 heavy (non-hydrogen) atoms. The zero-order valence-corrected chi connectivity index (χ0v) is 7.40. The van der Waals surface area contributed by atoms with Gasteiger partial charge >= 0.3 is 0 Å². The summed E-state index contributed by atoms with van der Waals surface area (Å²) in [7, 11) is 0. The third kappa shape index (κ3) is 1.02. The number of rotatable bonds is 1. The molecule has 0 fully saturated rings. The summed E-state index contributed by atoms with van der Waals surface area (Å²) >= 11 is 0. The fourth-order valence-electron chi connectivity index (χ4n) is 1.32. The second-order valence-electron chi connectivity index (χ2n) is 2.77. The Morgan fingerprint density at radius 1 is 1.54 bits per heavy atom. The van der Waals surface area contributed by atoms with Crippen LogP contribution in [0.3, 0.4) is 0 Å². The van der Waals surface area contributed by atoms with E-state index in [1.54, 1.807) is 6.92 Å². The fraction of sp³-hybridized carbons (Fsp3) is 0.429. The summed E-state index contributed by atoms with van der Waals surface area (Å²) in [6, 6.07) is 0. The largest absolute Gasteiger partial charge is 0.278 e. The van der Waals surface area contributed by atoms with Crippen molar-refractivity contribution >= 4 is 5.78 Å². The van der Waals surface area contributed by atoms with Gasteiger partial charge in [0.2, 0.25) is 0 Å². The predicted octanol–water partition coefficient (Wildman–Crippen LogP) is -0.317. The van der Waals surface area contributed by atoms with Gasteiger partial charge in [-0.05, 0) is 18.6 Å². The first-order valence-corrected chi connectivity index (χ1v) is 4.03. The monoisotopic (exact) mass is 179 g/mol. The topological polar surface area (TPSA) is 75.9 Å². The van der Waals surface area contributed by atoms with Gasteiger partial charge in [0.05, 0.1) is 5.69 Å². The van der Waals surface area contributed by atoms with Crippen molar-refractivity contribution in [3.8, 4) is 0 Å². The van der Waals surface area contributed by atoms with Gasteiger partial charge in [0, 0.05) is 5.56 Å². The molecule has 0 unspecified atom stereocenters. The SMILES string of the molecule is CCc1c(C)nc2nn[nH]n2c1=O. The van der Waals surface area contributed by atoms with Gasteiger partial charge in [-0.2, -0.15) is 9.73 Å². The molecule has 0 saturated carbocycles.